The molecule has 1 saturated carbocycles. The number of nitrogens with one attached hydrogen (secondary N) is 2. The summed E-state index contributed by atoms with van der Waals surface area (Å²) >= 11 is 0. The second-order valence-corrected chi connectivity index (χ2v) is 8.97. The van der Waals surface area contributed by atoms with Crippen LogP contribution in [0.4, 0.5) is 16.2 Å². The quantitative estimate of drug-likeness (QED) is 0.794. The zero-order valence-electron chi connectivity index (χ0n) is 15.1. The highest BCUT2D eigenvalue weighted by atomic mass is 32.2. The van der Waals surface area contributed by atoms with Gasteiger partial charge in [0, 0.05) is 18.3 Å². The molecular formula is C18H25N3O4S. The van der Waals surface area contributed by atoms with Crippen molar-refractivity contribution < 1.29 is 18.0 Å². The first-order valence-electron chi connectivity index (χ1n) is 9.08. The van der Waals surface area contributed by atoms with Crippen molar-refractivity contribution in [2.45, 2.75) is 50.5 Å². The Balaban J connectivity index is 1.78. The summed E-state index contributed by atoms with van der Waals surface area (Å²) in [7, 11) is -3.68. The van der Waals surface area contributed by atoms with E-state index in [9.17, 15) is 18.0 Å². The molecule has 0 atom stereocenters. The molecule has 8 heteroatoms. The minimum atomic E-state index is -3.68. The lowest BCUT2D eigenvalue weighted by Gasteiger charge is -2.27. The number of urea groups is 1. The maximum atomic E-state index is 12.7. The van der Waals surface area contributed by atoms with Crippen molar-refractivity contribution in [2.24, 2.45) is 5.92 Å². The van der Waals surface area contributed by atoms with E-state index >= 15 is 0 Å². The van der Waals surface area contributed by atoms with Crippen LogP contribution in [-0.2, 0) is 14.6 Å². The Kier molecular flexibility index (Phi) is 5.22. The Morgan fingerprint density at radius 2 is 2.00 bits per heavy atom. The molecule has 142 valence electrons. The van der Waals surface area contributed by atoms with Gasteiger partial charge in [-0.2, -0.15) is 0 Å². The number of hydrogen-bond donors (Lipinski definition) is 2. The summed E-state index contributed by atoms with van der Waals surface area (Å²) in [5.74, 6) is -0.653. The summed E-state index contributed by atoms with van der Waals surface area (Å²) < 4.78 is 24.4. The van der Waals surface area contributed by atoms with E-state index in [2.05, 4.69) is 24.5 Å². The van der Waals surface area contributed by atoms with Crippen LogP contribution in [-0.4, -0.2) is 43.6 Å². The summed E-state index contributed by atoms with van der Waals surface area (Å²) in [6.07, 6.45) is 4.06. The van der Waals surface area contributed by atoms with E-state index in [1.165, 1.54) is 12.1 Å². The van der Waals surface area contributed by atoms with Crippen molar-refractivity contribution >= 4 is 33.2 Å². The molecule has 7 nitrogen and oxygen atoms in total. The number of carbonyl (C=O) groups is 2. The van der Waals surface area contributed by atoms with Gasteiger partial charge in [-0.15, -0.1) is 0 Å². The van der Waals surface area contributed by atoms with Gasteiger partial charge in [0.15, 0.2) is 9.84 Å². The normalized spacial score (nSPS) is 18.2. The third-order valence-corrected chi connectivity index (χ3v) is 6.67. The zero-order chi connectivity index (χ0) is 18.9. The SMILES string of the molecule is CCC(CC)CN(C(=O)Nc1ccc2c(c1)S(=O)(=O)CC(=O)N2)C1CC1. The van der Waals surface area contributed by atoms with Crippen molar-refractivity contribution in [1.82, 2.24) is 4.90 Å². The molecule has 0 unspecified atom stereocenters. The van der Waals surface area contributed by atoms with Crippen molar-refractivity contribution in [3.8, 4) is 0 Å². The highest BCUT2D eigenvalue weighted by molar-refractivity contribution is 7.92. The Bertz CT molecular complexity index is 814. The molecule has 1 aromatic carbocycles. The Labute approximate surface area is 154 Å². The number of sulfone groups is 1. The van der Waals surface area contributed by atoms with E-state index in [-0.39, 0.29) is 22.7 Å². The van der Waals surface area contributed by atoms with Gasteiger partial charge in [-0.3, -0.25) is 4.79 Å². The number of rotatable bonds is 6. The average molecular weight is 379 g/mol. The number of benzene rings is 1. The van der Waals surface area contributed by atoms with E-state index in [1.54, 1.807) is 6.07 Å². The predicted octanol–water partition coefficient (Wildman–Crippen LogP) is 2.84. The van der Waals surface area contributed by atoms with Crippen LogP contribution in [0, 0.1) is 5.92 Å². The highest BCUT2D eigenvalue weighted by Crippen LogP contribution is 2.31. The van der Waals surface area contributed by atoms with Gasteiger partial charge in [0.1, 0.15) is 5.75 Å². The van der Waals surface area contributed by atoms with Crippen LogP contribution in [0.2, 0.25) is 0 Å². The molecule has 3 rings (SSSR count). The topological polar surface area (TPSA) is 95.6 Å². The molecule has 1 aliphatic carbocycles. The number of carbonyl (C=O) groups excluding carboxylic acids is 2. The average Bonchev–Trinajstić information content (AvgIpc) is 3.40. The van der Waals surface area contributed by atoms with E-state index in [0.717, 1.165) is 25.7 Å². The van der Waals surface area contributed by atoms with Gasteiger partial charge in [0.25, 0.3) is 0 Å². The molecule has 1 heterocycles. The molecule has 0 radical (unpaired) electrons. The third kappa shape index (κ3) is 4.00. The molecule has 26 heavy (non-hydrogen) atoms. The fourth-order valence-corrected chi connectivity index (χ4v) is 4.54. The van der Waals surface area contributed by atoms with Gasteiger partial charge in [0.2, 0.25) is 5.91 Å². The van der Waals surface area contributed by atoms with Gasteiger partial charge in [-0.1, -0.05) is 26.7 Å². The van der Waals surface area contributed by atoms with E-state index in [1.807, 2.05) is 4.90 Å². The fourth-order valence-electron chi connectivity index (χ4n) is 3.20. The minimum Gasteiger partial charge on any atom is -0.324 e. The van der Waals surface area contributed by atoms with Gasteiger partial charge >= 0.3 is 6.03 Å². The molecule has 0 spiro atoms. The van der Waals surface area contributed by atoms with Crippen LogP contribution < -0.4 is 10.6 Å². The van der Waals surface area contributed by atoms with E-state index < -0.39 is 21.5 Å². The first kappa shape index (κ1) is 18.7. The Morgan fingerprint density at radius 3 is 2.62 bits per heavy atom. The van der Waals surface area contributed by atoms with Gasteiger partial charge < -0.3 is 15.5 Å². The van der Waals surface area contributed by atoms with Crippen LogP contribution in [0.3, 0.4) is 0 Å². The van der Waals surface area contributed by atoms with Crippen molar-refractivity contribution in [2.75, 3.05) is 22.9 Å². The smallest absolute Gasteiger partial charge is 0.322 e. The van der Waals surface area contributed by atoms with Crippen LogP contribution in [0.25, 0.3) is 0 Å². The minimum absolute atomic E-state index is 0.0489. The maximum absolute atomic E-state index is 12.7. The number of amides is 3. The molecule has 0 saturated heterocycles. The van der Waals surface area contributed by atoms with Gasteiger partial charge in [0.05, 0.1) is 10.6 Å². The third-order valence-electron chi connectivity index (χ3n) is 5.02. The summed E-state index contributed by atoms with van der Waals surface area (Å²) in [5.41, 5.74) is 0.680. The molecule has 2 aliphatic rings. The second-order valence-electron chi connectivity index (χ2n) is 7.01. The fraction of sp³-hybridized carbons (Fsp3) is 0.556. The van der Waals surface area contributed by atoms with Gasteiger partial charge in [-0.25, -0.2) is 13.2 Å². The second kappa shape index (κ2) is 7.26. The highest BCUT2D eigenvalue weighted by Gasteiger charge is 2.34. The van der Waals surface area contributed by atoms with Gasteiger partial charge in [-0.05, 0) is 37.0 Å². The number of anilines is 2. The zero-order valence-corrected chi connectivity index (χ0v) is 15.9. The summed E-state index contributed by atoms with van der Waals surface area (Å²) in [5, 5.41) is 5.37. The van der Waals surface area contributed by atoms with Crippen LogP contribution in [0.5, 0.6) is 0 Å². The Morgan fingerprint density at radius 1 is 1.31 bits per heavy atom. The molecule has 1 fully saturated rings. The van der Waals surface area contributed by atoms with E-state index in [0.29, 0.717) is 18.2 Å². The first-order chi connectivity index (χ1) is 12.3. The van der Waals surface area contributed by atoms with Crippen molar-refractivity contribution in [3.05, 3.63) is 18.2 Å². The van der Waals surface area contributed by atoms with Crippen LogP contribution in [0.1, 0.15) is 39.5 Å². The standard InChI is InChI=1S/C18H25N3O4S/c1-3-12(4-2)10-21(14-6-7-14)18(23)19-13-5-8-15-16(9-13)26(24,25)11-17(22)20-15/h5,8-9,12,14H,3-4,6-7,10-11H2,1-2H3,(H,19,23)(H,20,22). The predicted molar refractivity (Wildman–Crippen MR) is 99.9 cm³/mol. The molecule has 0 bridgehead atoms. The van der Waals surface area contributed by atoms with Crippen molar-refractivity contribution in [3.63, 3.8) is 0 Å². The molecule has 1 aliphatic heterocycles. The monoisotopic (exact) mass is 379 g/mol. The summed E-state index contributed by atoms with van der Waals surface area (Å²) in [6, 6.07) is 4.62. The maximum Gasteiger partial charge on any atom is 0.322 e. The lowest BCUT2D eigenvalue weighted by atomic mass is 10.0. The van der Waals surface area contributed by atoms with Crippen molar-refractivity contribution in [1.29, 1.82) is 0 Å². The molecule has 0 aromatic heterocycles. The first-order valence-corrected chi connectivity index (χ1v) is 10.7. The number of hydrogen-bond acceptors (Lipinski definition) is 4. The lowest BCUT2D eigenvalue weighted by molar-refractivity contribution is -0.114. The number of nitrogens with zero attached hydrogens (tertiary/aromatic N) is 1. The van der Waals surface area contributed by atoms with Crippen LogP contribution in [0.15, 0.2) is 23.1 Å². The molecule has 2 N–H and O–H groups in total. The van der Waals surface area contributed by atoms with Crippen LogP contribution >= 0.6 is 0 Å². The molecule has 3 amide bonds. The Hall–Kier alpha value is -2.09. The number of fused-ring (bicyclic) bond motifs is 1. The molecular weight excluding hydrogens is 354 g/mol. The summed E-state index contributed by atoms with van der Waals surface area (Å²) in [4.78, 5) is 26.1. The van der Waals surface area contributed by atoms with E-state index in [4.69, 9.17) is 0 Å². The largest absolute Gasteiger partial charge is 0.324 e. The lowest BCUT2D eigenvalue weighted by Crippen LogP contribution is -2.40. The summed E-state index contributed by atoms with van der Waals surface area (Å²) in [6.45, 7) is 4.96. The molecule has 1 aromatic rings.